The van der Waals surface area contributed by atoms with E-state index in [4.69, 9.17) is 4.74 Å². The third kappa shape index (κ3) is 5.21. The van der Waals surface area contributed by atoms with Crippen LogP contribution in [0.3, 0.4) is 0 Å². The molecule has 0 heterocycles. The predicted molar refractivity (Wildman–Crippen MR) is 50.6 cm³/mol. The summed E-state index contributed by atoms with van der Waals surface area (Å²) in [4.78, 5) is 0. The van der Waals surface area contributed by atoms with Crippen molar-refractivity contribution in [2.75, 3.05) is 0 Å². The van der Waals surface area contributed by atoms with Gasteiger partial charge in [-0.05, 0) is 0 Å². The van der Waals surface area contributed by atoms with E-state index in [0.29, 0.717) is 11.5 Å². The normalized spacial score (nSPS) is 8.27. The van der Waals surface area contributed by atoms with Crippen LogP contribution in [0.4, 0.5) is 0 Å². The molecule has 0 aliphatic rings. The fourth-order valence-corrected chi connectivity index (χ4v) is 0.999. The Labute approximate surface area is 134 Å². The van der Waals surface area contributed by atoms with Crippen molar-refractivity contribution >= 4 is 0 Å². The first-order valence-electron chi connectivity index (χ1n) is 4.06. The summed E-state index contributed by atoms with van der Waals surface area (Å²) in [7, 11) is 0. The summed E-state index contributed by atoms with van der Waals surface area (Å²) < 4.78 is 5.47. The van der Waals surface area contributed by atoms with Gasteiger partial charge in [-0.15, -0.1) is 24.3 Å². The summed E-state index contributed by atoms with van der Waals surface area (Å²) >= 11 is 0. The van der Waals surface area contributed by atoms with E-state index in [-0.39, 0.29) is 59.1 Å². The van der Waals surface area contributed by atoms with Crippen LogP contribution in [0, 0.1) is 12.1 Å². The van der Waals surface area contributed by atoms with Crippen LogP contribution in [0.2, 0.25) is 0 Å². The first-order valence-corrected chi connectivity index (χ1v) is 4.06. The molecule has 3 heteroatoms. The fourth-order valence-electron chi connectivity index (χ4n) is 0.999. The maximum Gasteiger partial charge on any atom is 1.00 e. The molecule has 0 radical (unpaired) electrons. The molecule has 2 aromatic carbocycles. The number of rotatable bonds is 2. The van der Waals surface area contributed by atoms with Gasteiger partial charge in [-0.1, -0.05) is 0 Å². The molecule has 0 saturated carbocycles. The second kappa shape index (κ2) is 8.40. The van der Waals surface area contributed by atoms with Gasteiger partial charge in [0.2, 0.25) is 0 Å². The van der Waals surface area contributed by atoms with Gasteiger partial charge in [0.05, 0.1) is 0 Å². The molecule has 0 fully saturated rings. The molecule has 0 aromatic heterocycles. The second-order valence-electron chi connectivity index (χ2n) is 2.56. The van der Waals surface area contributed by atoms with E-state index < -0.39 is 0 Å². The van der Waals surface area contributed by atoms with E-state index in [9.17, 15) is 0 Å². The molecular formula is C12H8Na2O. The largest absolute Gasteiger partial charge is 1.00 e. The van der Waals surface area contributed by atoms with Gasteiger partial charge >= 0.3 is 59.1 Å². The van der Waals surface area contributed by atoms with E-state index in [1.807, 2.05) is 48.5 Å². The van der Waals surface area contributed by atoms with Gasteiger partial charge in [0.1, 0.15) is 0 Å². The van der Waals surface area contributed by atoms with Gasteiger partial charge in [0.25, 0.3) is 0 Å². The third-order valence-electron chi connectivity index (χ3n) is 1.58. The first kappa shape index (κ1) is 15.2. The zero-order valence-electron chi connectivity index (χ0n) is 9.03. The van der Waals surface area contributed by atoms with Crippen molar-refractivity contribution in [3.05, 3.63) is 60.7 Å². The van der Waals surface area contributed by atoms with E-state index >= 15 is 0 Å². The van der Waals surface area contributed by atoms with Crippen LogP contribution in [-0.2, 0) is 0 Å². The minimum absolute atomic E-state index is 0. The Kier molecular flexibility index (Phi) is 8.53. The van der Waals surface area contributed by atoms with Crippen molar-refractivity contribution in [1.82, 2.24) is 0 Å². The maximum atomic E-state index is 5.47. The zero-order chi connectivity index (χ0) is 8.93. The van der Waals surface area contributed by atoms with Crippen molar-refractivity contribution in [2.45, 2.75) is 0 Å². The molecule has 15 heavy (non-hydrogen) atoms. The van der Waals surface area contributed by atoms with Crippen molar-refractivity contribution in [2.24, 2.45) is 0 Å². The minimum Gasteiger partial charge on any atom is -0.509 e. The van der Waals surface area contributed by atoms with E-state index in [1.165, 1.54) is 0 Å². The molecule has 0 atom stereocenters. The van der Waals surface area contributed by atoms with Crippen molar-refractivity contribution in [3.8, 4) is 11.5 Å². The van der Waals surface area contributed by atoms with E-state index in [0.717, 1.165) is 0 Å². The summed E-state index contributed by atoms with van der Waals surface area (Å²) in [6, 6.07) is 20.9. The number of hydrogen-bond donors (Lipinski definition) is 0. The third-order valence-corrected chi connectivity index (χ3v) is 1.58. The summed E-state index contributed by atoms with van der Waals surface area (Å²) in [5.74, 6) is 1.43. The minimum atomic E-state index is 0. The van der Waals surface area contributed by atoms with Gasteiger partial charge in [0, 0.05) is 11.5 Å². The zero-order valence-corrected chi connectivity index (χ0v) is 13.0. The molecule has 1 nitrogen and oxygen atoms in total. The molecule has 2 aromatic rings. The monoisotopic (exact) mass is 214 g/mol. The van der Waals surface area contributed by atoms with Crippen LogP contribution in [0.5, 0.6) is 11.5 Å². The summed E-state index contributed by atoms with van der Waals surface area (Å²) in [5, 5.41) is 0. The Morgan fingerprint density at radius 2 is 1.20 bits per heavy atom. The van der Waals surface area contributed by atoms with Crippen molar-refractivity contribution < 1.29 is 63.9 Å². The predicted octanol–water partition coefficient (Wildman–Crippen LogP) is -2.91. The number of hydrogen-bond acceptors (Lipinski definition) is 1. The Bertz CT molecular complexity index is 324. The van der Waals surface area contributed by atoms with Crippen molar-refractivity contribution in [1.29, 1.82) is 0 Å². The van der Waals surface area contributed by atoms with Gasteiger partial charge in [-0.2, -0.15) is 36.4 Å². The van der Waals surface area contributed by atoms with Crippen LogP contribution in [0.25, 0.3) is 0 Å². The molecule has 0 amide bonds. The van der Waals surface area contributed by atoms with Crippen LogP contribution < -0.4 is 63.9 Å². The number of para-hydroxylation sites is 2. The Morgan fingerprint density at radius 1 is 0.733 bits per heavy atom. The van der Waals surface area contributed by atoms with Crippen LogP contribution in [-0.4, -0.2) is 0 Å². The van der Waals surface area contributed by atoms with Gasteiger partial charge in [-0.3, -0.25) is 0 Å². The van der Waals surface area contributed by atoms with Gasteiger partial charge < -0.3 is 4.74 Å². The molecule has 0 saturated heterocycles. The van der Waals surface area contributed by atoms with E-state index in [1.54, 1.807) is 0 Å². The van der Waals surface area contributed by atoms with E-state index in [2.05, 4.69) is 12.1 Å². The molecule has 0 spiro atoms. The standard InChI is InChI=1S/C12H8O.2Na/c1-3-7-11(8-4-1)13-12-9-5-2-6-10-12;;/h1-7,9H;;/q-2;2*+1. The fraction of sp³-hybridized carbons (Fsp3) is 0. The SMILES string of the molecule is [Na+].[Na+].[c-]1ccccc1Oc1[c-]cccc1. The Hall–Kier alpha value is 0.240. The second-order valence-corrected chi connectivity index (χ2v) is 2.56. The number of ether oxygens (including phenoxy) is 1. The quantitative estimate of drug-likeness (QED) is 0.384. The Balaban J connectivity index is 0.000000980. The molecule has 2 rings (SSSR count). The average Bonchev–Trinajstić information content (AvgIpc) is 2.21. The van der Waals surface area contributed by atoms with Gasteiger partial charge in [-0.25, -0.2) is 0 Å². The smallest absolute Gasteiger partial charge is 0.509 e. The number of benzene rings is 2. The molecule has 0 N–H and O–H groups in total. The van der Waals surface area contributed by atoms with Crippen LogP contribution in [0.1, 0.15) is 0 Å². The van der Waals surface area contributed by atoms with Crippen LogP contribution >= 0.6 is 0 Å². The topological polar surface area (TPSA) is 9.23 Å². The van der Waals surface area contributed by atoms with Gasteiger partial charge in [0.15, 0.2) is 0 Å². The van der Waals surface area contributed by atoms with Crippen LogP contribution in [0.15, 0.2) is 48.5 Å². The summed E-state index contributed by atoms with van der Waals surface area (Å²) in [5.41, 5.74) is 0. The molecule has 0 aliphatic heterocycles. The summed E-state index contributed by atoms with van der Waals surface area (Å²) in [6.45, 7) is 0. The Morgan fingerprint density at radius 3 is 1.53 bits per heavy atom. The first-order chi connectivity index (χ1) is 6.45. The molecule has 0 aliphatic carbocycles. The molecule has 64 valence electrons. The molecule has 0 unspecified atom stereocenters. The van der Waals surface area contributed by atoms with Crippen molar-refractivity contribution in [3.63, 3.8) is 0 Å². The average molecular weight is 214 g/mol. The molecular weight excluding hydrogens is 206 g/mol. The summed E-state index contributed by atoms with van der Waals surface area (Å²) in [6.07, 6.45) is 0. The maximum absolute atomic E-state index is 5.47. The molecule has 0 bridgehead atoms.